The Labute approximate surface area is 202 Å². The zero-order chi connectivity index (χ0) is 24.0. The highest BCUT2D eigenvalue weighted by atomic mass is 79.9. The maximum atomic E-state index is 10.0. The average molecular weight is 527 g/mol. The van der Waals surface area contributed by atoms with Crippen molar-refractivity contribution in [2.45, 2.75) is 5.92 Å². The van der Waals surface area contributed by atoms with Gasteiger partial charge in [0.25, 0.3) is 0 Å². The molecule has 3 heterocycles. The third-order valence-electron chi connectivity index (χ3n) is 5.70. The molecule has 2 aliphatic heterocycles. The Morgan fingerprint density at radius 3 is 2.38 bits per heavy atom. The Bertz CT molecular complexity index is 1350. The Balaban J connectivity index is 1.75. The maximum absolute atomic E-state index is 10.0. The smallest absolute Gasteiger partial charge is 0.244 e. The van der Waals surface area contributed by atoms with E-state index in [1.165, 1.54) is 21.3 Å². The first-order valence-electron chi connectivity index (χ1n) is 10.1. The topological polar surface area (TPSA) is 134 Å². The van der Waals surface area contributed by atoms with Crippen molar-refractivity contribution < 1.29 is 28.4 Å². The van der Waals surface area contributed by atoms with Gasteiger partial charge in [-0.25, -0.2) is 0 Å². The van der Waals surface area contributed by atoms with E-state index in [-0.39, 0.29) is 24.1 Å². The van der Waals surface area contributed by atoms with Gasteiger partial charge < -0.3 is 34.2 Å². The van der Waals surface area contributed by atoms with Crippen LogP contribution in [0.1, 0.15) is 17.0 Å². The number of ether oxygens (including phenoxy) is 6. The van der Waals surface area contributed by atoms with Crippen molar-refractivity contribution >= 4 is 15.9 Å². The van der Waals surface area contributed by atoms with Crippen LogP contribution in [0, 0.1) is 11.3 Å². The van der Waals surface area contributed by atoms with Crippen LogP contribution in [0.15, 0.2) is 40.2 Å². The van der Waals surface area contributed by atoms with Gasteiger partial charge in [0.1, 0.15) is 11.6 Å². The van der Waals surface area contributed by atoms with E-state index < -0.39 is 5.92 Å². The van der Waals surface area contributed by atoms with E-state index in [1.807, 2.05) is 6.07 Å². The Morgan fingerprint density at radius 1 is 1.09 bits per heavy atom. The van der Waals surface area contributed by atoms with Gasteiger partial charge in [-0.3, -0.25) is 5.10 Å². The molecule has 0 saturated heterocycles. The van der Waals surface area contributed by atoms with E-state index in [0.29, 0.717) is 50.0 Å². The molecule has 5 rings (SSSR count). The number of hydrogen-bond donors (Lipinski definition) is 2. The first-order chi connectivity index (χ1) is 16.5. The highest BCUT2D eigenvalue weighted by Gasteiger charge is 2.38. The molecule has 0 unspecified atom stereocenters. The minimum atomic E-state index is -0.606. The maximum Gasteiger partial charge on any atom is 0.244 e. The van der Waals surface area contributed by atoms with Crippen molar-refractivity contribution in [3.63, 3.8) is 0 Å². The van der Waals surface area contributed by atoms with E-state index in [2.05, 4.69) is 32.2 Å². The second kappa shape index (κ2) is 8.39. The van der Waals surface area contributed by atoms with Crippen LogP contribution in [-0.2, 0) is 0 Å². The molecule has 3 aromatic rings. The van der Waals surface area contributed by atoms with Gasteiger partial charge in [-0.2, -0.15) is 5.26 Å². The molecule has 1 atom stereocenters. The number of aromatic nitrogens is 2. The fraction of sp³-hybridized carbons (Fsp3) is 0.217. The van der Waals surface area contributed by atoms with E-state index in [4.69, 9.17) is 34.2 Å². The molecule has 2 aliphatic rings. The second-order valence-corrected chi connectivity index (χ2v) is 8.24. The summed E-state index contributed by atoms with van der Waals surface area (Å²) < 4.78 is 33.9. The van der Waals surface area contributed by atoms with Gasteiger partial charge in [0.05, 0.1) is 38.5 Å². The van der Waals surface area contributed by atoms with Gasteiger partial charge in [0.15, 0.2) is 23.0 Å². The van der Waals surface area contributed by atoms with Gasteiger partial charge in [-0.1, -0.05) is 15.9 Å². The summed E-state index contributed by atoms with van der Waals surface area (Å²) in [6.45, 7) is 0.121. The van der Waals surface area contributed by atoms with Gasteiger partial charge >= 0.3 is 0 Å². The third kappa shape index (κ3) is 3.26. The predicted octanol–water partition coefficient (Wildman–Crippen LogP) is 3.81. The van der Waals surface area contributed by atoms with Crippen molar-refractivity contribution in [3.05, 3.63) is 51.3 Å². The number of allylic oxidation sites excluding steroid dienone is 1. The summed E-state index contributed by atoms with van der Waals surface area (Å²) in [4.78, 5) is 0. The molecule has 0 saturated carbocycles. The van der Waals surface area contributed by atoms with Crippen LogP contribution in [0.3, 0.4) is 0 Å². The number of H-pyrrole nitrogens is 1. The number of fused-ring (bicyclic) bond motifs is 2. The van der Waals surface area contributed by atoms with Crippen molar-refractivity contribution in [2.75, 3.05) is 28.1 Å². The minimum absolute atomic E-state index is 0.0208. The summed E-state index contributed by atoms with van der Waals surface area (Å²) in [6.07, 6.45) is 0. The van der Waals surface area contributed by atoms with Crippen LogP contribution in [0.5, 0.6) is 34.6 Å². The molecule has 0 aliphatic carbocycles. The van der Waals surface area contributed by atoms with Crippen LogP contribution >= 0.6 is 15.9 Å². The van der Waals surface area contributed by atoms with Crippen LogP contribution < -0.4 is 34.2 Å². The molecule has 3 N–H and O–H groups in total. The average Bonchev–Trinajstić information content (AvgIpc) is 3.48. The lowest BCUT2D eigenvalue weighted by molar-refractivity contribution is 0.174. The van der Waals surface area contributed by atoms with Crippen molar-refractivity contribution in [1.82, 2.24) is 10.2 Å². The molecule has 1 aromatic heterocycles. The number of hydrogen-bond acceptors (Lipinski definition) is 9. The summed E-state index contributed by atoms with van der Waals surface area (Å²) in [5.74, 6) is 2.19. The molecule has 0 spiro atoms. The number of aromatic amines is 1. The van der Waals surface area contributed by atoms with Crippen molar-refractivity contribution in [3.8, 4) is 52.0 Å². The molecule has 2 aromatic carbocycles. The van der Waals surface area contributed by atoms with Crippen LogP contribution in [0.4, 0.5) is 0 Å². The lowest BCUT2D eigenvalue weighted by atomic mass is 9.83. The molecule has 11 heteroatoms. The van der Waals surface area contributed by atoms with Crippen LogP contribution in [0.2, 0.25) is 0 Å². The Morgan fingerprint density at radius 2 is 1.76 bits per heavy atom. The highest BCUT2D eigenvalue weighted by Crippen LogP contribution is 2.51. The van der Waals surface area contributed by atoms with Gasteiger partial charge in [0, 0.05) is 10.0 Å². The fourth-order valence-corrected chi connectivity index (χ4v) is 4.71. The van der Waals surface area contributed by atoms with E-state index >= 15 is 0 Å². The fourth-order valence-electron chi connectivity index (χ4n) is 4.16. The number of halogens is 1. The number of nitriles is 1. The van der Waals surface area contributed by atoms with E-state index in [0.717, 1.165) is 5.56 Å². The van der Waals surface area contributed by atoms with Crippen LogP contribution in [0.25, 0.3) is 11.3 Å². The molecular weight excluding hydrogens is 508 g/mol. The highest BCUT2D eigenvalue weighted by molar-refractivity contribution is 9.10. The summed E-state index contributed by atoms with van der Waals surface area (Å²) in [7, 11) is 4.61. The predicted molar refractivity (Wildman–Crippen MR) is 123 cm³/mol. The molecule has 10 nitrogen and oxygen atoms in total. The largest absolute Gasteiger partial charge is 0.493 e. The number of methoxy groups -OCH3 is 3. The van der Waals surface area contributed by atoms with Crippen molar-refractivity contribution in [2.24, 2.45) is 5.73 Å². The summed E-state index contributed by atoms with van der Waals surface area (Å²) >= 11 is 3.61. The number of nitrogens with zero attached hydrogens (tertiary/aromatic N) is 2. The summed E-state index contributed by atoms with van der Waals surface area (Å²) in [5, 5.41) is 17.4. The van der Waals surface area contributed by atoms with Gasteiger partial charge in [-0.15, -0.1) is 5.10 Å². The first kappa shape index (κ1) is 21.8. The quantitative estimate of drug-likeness (QED) is 0.508. The normalized spacial score (nSPS) is 15.9. The SMILES string of the molecule is COc1cc(-c2[nH]nc3c2[C@@H](c2cc4c(cc2Br)OCO4)C(C#N)=C(N)O3)cc(OC)c1OC. The number of benzene rings is 2. The Kier molecular flexibility index (Phi) is 5.37. The van der Waals surface area contributed by atoms with Gasteiger partial charge in [-0.05, 0) is 29.8 Å². The summed E-state index contributed by atoms with van der Waals surface area (Å²) in [5.41, 5.74) is 9.01. The zero-order valence-electron chi connectivity index (χ0n) is 18.4. The number of nitrogens with two attached hydrogens (primary N) is 1. The lowest BCUT2D eigenvalue weighted by Crippen LogP contribution is -2.21. The summed E-state index contributed by atoms with van der Waals surface area (Å²) in [6, 6.07) is 9.39. The molecule has 34 heavy (non-hydrogen) atoms. The molecular formula is C23H19BrN4O6. The Hall–Kier alpha value is -4.04. The van der Waals surface area contributed by atoms with E-state index in [1.54, 1.807) is 18.2 Å². The molecule has 0 bridgehead atoms. The molecule has 0 radical (unpaired) electrons. The number of nitrogens with one attached hydrogen (secondary N) is 1. The van der Waals surface area contributed by atoms with Crippen LogP contribution in [-0.4, -0.2) is 38.3 Å². The van der Waals surface area contributed by atoms with Crippen molar-refractivity contribution in [1.29, 1.82) is 5.26 Å². The third-order valence-corrected chi connectivity index (χ3v) is 6.38. The molecule has 174 valence electrons. The molecule has 0 fully saturated rings. The van der Waals surface area contributed by atoms with Gasteiger partial charge in [0.2, 0.25) is 24.3 Å². The van der Waals surface area contributed by atoms with E-state index in [9.17, 15) is 5.26 Å². The lowest BCUT2D eigenvalue weighted by Gasteiger charge is -2.25. The second-order valence-electron chi connectivity index (χ2n) is 7.38. The first-order valence-corrected chi connectivity index (χ1v) is 10.8. The number of rotatable bonds is 5. The zero-order valence-corrected chi connectivity index (χ0v) is 20.0. The monoisotopic (exact) mass is 526 g/mol. The standard InChI is InChI=1S/C23H19BrN4O6/c1-29-16-4-10(5-17(30-2)21(16)31-3)20-19-18(12(8-25)22(26)34-23(19)28-27-20)11-6-14-15(7-13(11)24)33-9-32-14/h4-7,18H,9,26H2,1-3H3,(H,27,28)/t18-/m0/s1. The molecule has 0 amide bonds. The minimum Gasteiger partial charge on any atom is -0.493 e.